The second kappa shape index (κ2) is 12.5. The molecule has 0 bridgehead atoms. The average Bonchev–Trinajstić information content (AvgIpc) is 2.77. The van der Waals surface area contributed by atoms with Gasteiger partial charge in [-0.25, -0.2) is 9.38 Å². The molecule has 0 spiro atoms. The largest absolute Gasteiger partial charge is 0.494 e. The highest BCUT2D eigenvalue weighted by Gasteiger charge is 2.20. The molecule has 1 N–H and O–H groups in total. The fraction of sp³-hybridized carbons (Fsp3) is 0.391. The first-order chi connectivity index (χ1) is 14.6. The van der Waals surface area contributed by atoms with Gasteiger partial charge < -0.3 is 15.0 Å². The van der Waals surface area contributed by atoms with E-state index in [1.807, 2.05) is 24.3 Å². The van der Waals surface area contributed by atoms with E-state index in [4.69, 9.17) is 15.0 Å². The lowest BCUT2D eigenvalue weighted by atomic mass is 10.1. The van der Waals surface area contributed by atoms with Gasteiger partial charge in [0.2, 0.25) is 0 Å². The molecule has 0 unspecified atom stereocenters. The molecular formula is C23H29FIN5O. The number of methoxy groups -OCH3 is 1. The predicted molar refractivity (Wildman–Crippen MR) is 131 cm³/mol. The highest BCUT2D eigenvalue weighted by molar-refractivity contribution is 14.0. The Kier molecular flexibility index (Phi) is 10.0. The van der Waals surface area contributed by atoms with Crippen molar-refractivity contribution in [2.75, 3.05) is 39.8 Å². The molecule has 1 aliphatic rings. The van der Waals surface area contributed by atoms with E-state index in [2.05, 4.69) is 28.1 Å². The zero-order chi connectivity index (χ0) is 21.3. The van der Waals surface area contributed by atoms with Gasteiger partial charge in [0.1, 0.15) is 0 Å². The lowest BCUT2D eigenvalue weighted by molar-refractivity contribution is 0.172. The van der Waals surface area contributed by atoms with Crippen molar-refractivity contribution in [2.45, 2.75) is 20.0 Å². The van der Waals surface area contributed by atoms with Crippen LogP contribution in [-0.2, 0) is 13.1 Å². The Morgan fingerprint density at radius 2 is 1.94 bits per heavy atom. The minimum absolute atomic E-state index is 0. The van der Waals surface area contributed by atoms with Gasteiger partial charge in [-0.1, -0.05) is 18.2 Å². The third kappa shape index (κ3) is 7.08. The molecule has 0 radical (unpaired) electrons. The van der Waals surface area contributed by atoms with Crippen molar-refractivity contribution in [3.8, 4) is 11.8 Å². The minimum atomic E-state index is -0.323. The van der Waals surface area contributed by atoms with Crippen molar-refractivity contribution < 1.29 is 9.13 Å². The smallest absolute Gasteiger partial charge is 0.194 e. The molecule has 166 valence electrons. The van der Waals surface area contributed by atoms with Crippen LogP contribution in [0.1, 0.15) is 23.6 Å². The normalized spacial score (nSPS) is 14.5. The van der Waals surface area contributed by atoms with E-state index in [1.165, 1.54) is 7.11 Å². The molecule has 0 aliphatic carbocycles. The van der Waals surface area contributed by atoms with Crippen LogP contribution in [0, 0.1) is 17.1 Å². The Labute approximate surface area is 200 Å². The van der Waals surface area contributed by atoms with Crippen LogP contribution in [0.15, 0.2) is 47.5 Å². The third-order valence-corrected chi connectivity index (χ3v) is 5.10. The van der Waals surface area contributed by atoms with E-state index < -0.39 is 0 Å². The molecule has 31 heavy (non-hydrogen) atoms. The van der Waals surface area contributed by atoms with E-state index in [1.54, 1.807) is 18.2 Å². The highest BCUT2D eigenvalue weighted by atomic mass is 127. The fourth-order valence-electron chi connectivity index (χ4n) is 3.52. The number of nitrogens with one attached hydrogen (secondary N) is 1. The lowest BCUT2D eigenvalue weighted by Crippen LogP contribution is -2.52. The summed E-state index contributed by atoms with van der Waals surface area (Å²) in [4.78, 5) is 9.33. The molecule has 8 heteroatoms. The summed E-state index contributed by atoms with van der Waals surface area (Å²) in [6.45, 7) is 7.55. The van der Waals surface area contributed by atoms with Crippen LogP contribution < -0.4 is 10.1 Å². The summed E-state index contributed by atoms with van der Waals surface area (Å²) < 4.78 is 18.9. The Morgan fingerprint density at radius 3 is 2.58 bits per heavy atom. The minimum Gasteiger partial charge on any atom is -0.494 e. The van der Waals surface area contributed by atoms with Gasteiger partial charge in [-0.3, -0.25) is 4.90 Å². The van der Waals surface area contributed by atoms with Crippen molar-refractivity contribution in [1.82, 2.24) is 15.1 Å². The SMILES string of the molecule is CCNC(=NCc1cccc(C#N)c1)N1CCN(Cc2ccc(OC)c(F)c2)CC1.I. The lowest BCUT2D eigenvalue weighted by Gasteiger charge is -2.36. The molecule has 1 saturated heterocycles. The van der Waals surface area contributed by atoms with Crippen molar-refractivity contribution in [3.63, 3.8) is 0 Å². The van der Waals surface area contributed by atoms with Gasteiger partial charge >= 0.3 is 0 Å². The molecule has 1 aliphatic heterocycles. The monoisotopic (exact) mass is 537 g/mol. The van der Waals surface area contributed by atoms with Gasteiger partial charge in [0.15, 0.2) is 17.5 Å². The quantitative estimate of drug-likeness (QED) is 0.347. The van der Waals surface area contributed by atoms with Gasteiger partial charge in [0.25, 0.3) is 0 Å². The number of nitrogens with zero attached hydrogens (tertiary/aromatic N) is 4. The first-order valence-electron chi connectivity index (χ1n) is 10.2. The average molecular weight is 537 g/mol. The zero-order valence-corrected chi connectivity index (χ0v) is 20.3. The van der Waals surface area contributed by atoms with Gasteiger partial charge in [-0.2, -0.15) is 5.26 Å². The number of ether oxygens (including phenoxy) is 1. The van der Waals surface area contributed by atoms with Crippen LogP contribution in [-0.4, -0.2) is 55.6 Å². The number of hydrogen-bond donors (Lipinski definition) is 1. The number of aliphatic imine (C=N–C) groups is 1. The zero-order valence-electron chi connectivity index (χ0n) is 18.0. The third-order valence-electron chi connectivity index (χ3n) is 5.10. The molecule has 0 saturated carbocycles. The number of rotatable bonds is 6. The number of benzene rings is 2. The number of nitriles is 1. The summed E-state index contributed by atoms with van der Waals surface area (Å²) in [5, 5.41) is 12.4. The molecule has 2 aromatic carbocycles. The Morgan fingerprint density at radius 1 is 1.16 bits per heavy atom. The summed E-state index contributed by atoms with van der Waals surface area (Å²) in [5.74, 6) is 0.834. The van der Waals surface area contributed by atoms with Crippen molar-refractivity contribution in [1.29, 1.82) is 5.26 Å². The number of guanidine groups is 1. The van der Waals surface area contributed by atoms with E-state index in [-0.39, 0.29) is 35.5 Å². The highest BCUT2D eigenvalue weighted by Crippen LogP contribution is 2.19. The second-order valence-electron chi connectivity index (χ2n) is 7.21. The number of hydrogen-bond acceptors (Lipinski definition) is 4. The molecule has 0 atom stereocenters. The van der Waals surface area contributed by atoms with E-state index >= 15 is 0 Å². The summed E-state index contributed by atoms with van der Waals surface area (Å²) in [7, 11) is 1.47. The van der Waals surface area contributed by atoms with Crippen molar-refractivity contribution in [3.05, 3.63) is 65.0 Å². The van der Waals surface area contributed by atoms with Gasteiger partial charge in [0, 0.05) is 39.3 Å². The summed E-state index contributed by atoms with van der Waals surface area (Å²) >= 11 is 0. The first-order valence-corrected chi connectivity index (χ1v) is 10.2. The molecule has 1 heterocycles. The maximum atomic E-state index is 13.9. The van der Waals surface area contributed by atoms with E-state index in [9.17, 15) is 4.39 Å². The van der Waals surface area contributed by atoms with Crippen LogP contribution in [0.5, 0.6) is 5.75 Å². The van der Waals surface area contributed by atoms with Gasteiger partial charge in [0.05, 0.1) is 25.3 Å². The van der Waals surface area contributed by atoms with E-state index in [0.29, 0.717) is 18.7 Å². The standard InChI is InChI=1S/C23H28FN5O.HI/c1-3-26-23(27-16-19-6-4-5-18(13-19)15-25)29-11-9-28(10-12-29)17-20-7-8-22(30-2)21(24)14-20;/h4-8,13-14H,3,9-12,16-17H2,1-2H3,(H,26,27);1H. The van der Waals surface area contributed by atoms with Crippen LogP contribution in [0.3, 0.4) is 0 Å². The Hall–Kier alpha value is -2.38. The molecular weight excluding hydrogens is 508 g/mol. The number of halogens is 2. The van der Waals surface area contributed by atoms with Gasteiger partial charge in [-0.05, 0) is 42.3 Å². The molecule has 6 nitrogen and oxygen atoms in total. The van der Waals surface area contributed by atoms with Gasteiger partial charge in [-0.15, -0.1) is 24.0 Å². The topological polar surface area (TPSA) is 63.9 Å². The molecule has 0 aromatic heterocycles. The van der Waals surface area contributed by atoms with Crippen molar-refractivity contribution >= 4 is 29.9 Å². The van der Waals surface area contributed by atoms with Crippen LogP contribution >= 0.6 is 24.0 Å². The second-order valence-corrected chi connectivity index (χ2v) is 7.21. The van der Waals surface area contributed by atoms with Crippen LogP contribution in [0.25, 0.3) is 0 Å². The summed E-state index contributed by atoms with van der Waals surface area (Å²) in [6, 6.07) is 14.8. The van der Waals surface area contributed by atoms with Crippen LogP contribution in [0.4, 0.5) is 4.39 Å². The summed E-state index contributed by atoms with van der Waals surface area (Å²) in [5.41, 5.74) is 2.61. The summed E-state index contributed by atoms with van der Waals surface area (Å²) in [6.07, 6.45) is 0. The molecule has 2 aromatic rings. The fourth-order valence-corrected chi connectivity index (χ4v) is 3.52. The predicted octanol–water partition coefficient (Wildman–Crippen LogP) is 3.61. The maximum absolute atomic E-state index is 13.9. The Balaban J connectivity index is 0.00000341. The van der Waals surface area contributed by atoms with Crippen molar-refractivity contribution in [2.24, 2.45) is 4.99 Å². The van der Waals surface area contributed by atoms with Crippen LogP contribution in [0.2, 0.25) is 0 Å². The molecule has 0 amide bonds. The van der Waals surface area contributed by atoms with E-state index in [0.717, 1.165) is 49.8 Å². The molecule has 1 fully saturated rings. The maximum Gasteiger partial charge on any atom is 0.194 e. The number of piperazine rings is 1. The first kappa shape index (κ1) is 24.9. The Bertz CT molecular complexity index is 922. The molecule has 3 rings (SSSR count).